The molecule has 1 heterocycles. The van der Waals surface area contributed by atoms with Gasteiger partial charge in [-0.15, -0.1) is 0 Å². The van der Waals surface area contributed by atoms with Crippen LogP contribution in [0.2, 0.25) is 5.15 Å². The van der Waals surface area contributed by atoms with Crippen LogP contribution in [0.3, 0.4) is 0 Å². The summed E-state index contributed by atoms with van der Waals surface area (Å²) in [5, 5.41) is 0.324. The molecule has 0 spiro atoms. The molecule has 1 aromatic rings. The Morgan fingerprint density at radius 2 is 2.29 bits per heavy atom. The van der Waals surface area contributed by atoms with Crippen molar-refractivity contribution in [1.29, 1.82) is 0 Å². The van der Waals surface area contributed by atoms with Gasteiger partial charge < -0.3 is 4.74 Å². The van der Waals surface area contributed by atoms with Crippen molar-refractivity contribution >= 4 is 23.4 Å². The van der Waals surface area contributed by atoms with E-state index in [1.165, 1.54) is 0 Å². The number of pyridine rings is 1. The van der Waals surface area contributed by atoms with Gasteiger partial charge in [-0.25, -0.2) is 4.98 Å². The number of ether oxygens (including phenoxy) is 1. The predicted molar refractivity (Wildman–Crippen MR) is 62.0 cm³/mol. The topological polar surface area (TPSA) is 56.3 Å². The number of carbonyl (C=O) groups is 2. The number of carbonyl (C=O) groups excluding carboxylic acids is 2. The van der Waals surface area contributed by atoms with Gasteiger partial charge in [0.05, 0.1) is 12.3 Å². The number of aromatic nitrogens is 1. The Kier molecular flexibility index (Phi) is 2.91. The molecule has 90 valence electrons. The smallest absolute Gasteiger partial charge is 0.320 e. The highest BCUT2D eigenvalue weighted by Gasteiger charge is 2.49. The van der Waals surface area contributed by atoms with Crippen LogP contribution in [0.5, 0.6) is 0 Å². The molecule has 0 saturated heterocycles. The lowest BCUT2D eigenvalue weighted by molar-refractivity contribution is -0.151. The Bertz CT molecular complexity index is 501. The molecule has 0 aliphatic heterocycles. The van der Waals surface area contributed by atoms with Gasteiger partial charge in [-0.3, -0.25) is 9.59 Å². The predicted octanol–water partition coefficient (Wildman–Crippen LogP) is 2.04. The van der Waals surface area contributed by atoms with Crippen molar-refractivity contribution in [3.63, 3.8) is 0 Å². The second-order valence-corrected chi connectivity index (χ2v) is 4.57. The lowest BCUT2D eigenvalue weighted by atomic mass is 9.86. The minimum atomic E-state index is -1.16. The van der Waals surface area contributed by atoms with Crippen molar-refractivity contribution in [3.8, 4) is 0 Å². The molecule has 2 rings (SSSR count). The van der Waals surface area contributed by atoms with Crippen molar-refractivity contribution in [1.82, 2.24) is 4.98 Å². The van der Waals surface area contributed by atoms with Gasteiger partial charge in [-0.1, -0.05) is 11.6 Å². The van der Waals surface area contributed by atoms with E-state index < -0.39 is 11.4 Å². The summed E-state index contributed by atoms with van der Waals surface area (Å²) in [6.45, 7) is 3.55. The fourth-order valence-electron chi connectivity index (χ4n) is 1.98. The summed E-state index contributed by atoms with van der Waals surface area (Å²) in [4.78, 5) is 28.1. The number of rotatable bonds is 2. The van der Waals surface area contributed by atoms with Crippen LogP contribution in [-0.4, -0.2) is 23.3 Å². The highest BCUT2D eigenvalue weighted by atomic mass is 35.5. The van der Waals surface area contributed by atoms with Gasteiger partial charge in [-0.05, 0) is 26.0 Å². The highest BCUT2D eigenvalue weighted by Crippen LogP contribution is 2.37. The molecule has 4 nitrogen and oxygen atoms in total. The van der Waals surface area contributed by atoms with Crippen LogP contribution in [0.1, 0.15) is 29.9 Å². The molecule has 1 unspecified atom stereocenters. The van der Waals surface area contributed by atoms with Crippen LogP contribution >= 0.6 is 11.6 Å². The van der Waals surface area contributed by atoms with Crippen LogP contribution < -0.4 is 0 Å². The van der Waals surface area contributed by atoms with E-state index in [1.807, 2.05) is 0 Å². The second kappa shape index (κ2) is 4.11. The molecule has 0 saturated carbocycles. The summed E-state index contributed by atoms with van der Waals surface area (Å²) < 4.78 is 4.94. The van der Waals surface area contributed by atoms with Gasteiger partial charge in [0, 0.05) is 12.0 Å². The van der Waals surface area contributed by atoms with Crippen LogP contribution in [0.25, 0.3) is 0 Å². The quantitative estimate of drug-likeness (QED) is 0.460. The number of esters is 1. The largest absolute Gasteiger partial charge is 0.465 e. The zero-order chi connectivity index (χ0) is 12.6. The average molecular weight is 254 g/mol. The zero-order valence-corrected chi connectivity index (χ0v) is 10.4. The minimum Gasteiger partial charge on any atom is -0.465 e. The van der Waals surface area contributed by atoms with E-state index in [1.54, 1.807) is 26.0 Å². The number of hydrogen-bond acceptors (Lipinski definition) is 4. The first-order valence-corrected chi connectivity index (χ1v) is 5.74. The molecule has 0 aromatic carbocycles. The average Bonchev–Trinajstić information content (AvgIpc) is 2.52. The maximum Gasteiger partial charge on any atom is 0.320 e. The van der Waals surface area contributed by atoms with E-state index in [-0.39, 0.29) is 18.8 Å². The minimum absolute atomic E-state index is 0.241. The lowest BCUT2D eigenvalue weighted by Crippen LogP contribution is -2.35. The second-order valence-electron chi connectivity index (χ2n) is 4.19. The Labute approximate surface area is 104 Å². The Hall–Kier alpha value is -1.42. The molecular weight excluding hydrogens is 242 g/mol. The first-order chi connectivity index (χ1) is 7.99. The monoisotopic (exact) mass is 253 g/mol. The van der Waals surface area contributed by atoms with Crippen LogP contribution in [0.4, 0.5) is 0 Å². The third kappa shape index (κ3) is 1.82. The molecule has 0 N–H and O–H groups in total. The SMILES string of the molecule is CCOC(=O)C1(C)Cc2nc(Cl)ccc2C1=O. The van der Waals surface area contributed by atoms with Crippen LogP contribution in [-0.2, 0) is 16.0 Å². The Morgan fingerprint density at radius 3 is 2.94 bits per heavy atom. The molecule has 17 heavy (non-hydrogen) atoms. The summed E-state index contributed by atoms with van der Waals surface area (Å²) in [6.07, 6.45) is 0.251. The fourth-order valence-corrected chi connectivity index (χ4v) is 2.15. The van der Waals surface area contributed by atoms with Gasteiger partial charge in [0.1, 0.15) is 10.6 Å². The van der Waals surface area contributed by atoms with Crippen LogP contribution in [0, 0.1) is 5.41 Å². The van der Waals surface area contributed by atoms with E-state index >= 15 is 0 Å². The number of hydrogen-bond donors (Lipinski definition) is 0. The third-order valence-electron chi connectivity index (χ3n) is 2.93. The van der Waals surface area contributed by atoms with Crippen molar-refractivity contribution in [3.05, 3.63) is 28.5 Å². The van der Waals surface area contributed by atoms with Gasteiger partial charge >= 0.3 is 5.97 Å². The fraction of sp³-hybridized carbons (Fsp3) is 0.417. The lowest BCUT2D eigenvalue weighted by Gasteiger charge is -2.18. The Morgan fingerprint density at radius 1 is 1.59 bits per heavy atom. The standard InChI is InChI=1S/C12H12ClNO3/c1-3-17-11(16)12(2)6-8-7(10(12)15)4-5-9(13)14-8/h4-5H,3,6H2,1-2H3. The normalized spacial score (nSPS) is 22.4. The highest BCUT2D eigenvalue weighted by molar-refractivity contribution is 6.29. The number of halogens is 1. The first-order valence-electron chi connectivity index (χ1n) is 5.36. The molecule has 5 heteroatoms. The van der Waals surface area contributed by atoms with E-state index in [2.05, 4.69) is 4.98 Å². The van der Waals surface area contributed by atoms with E-state index in [0.29, 0.717) is 16.4 Å². The van der Waals surface area contributed by atoms with Gasteiger partial charge in [0.2, 0.25) is 0 Å². The summed E-state index contributed by atoms with van der Waals surface area (Å²) >= 11 is 5.77. The van der Waals surface area contributed by atoms with E-state index in [9.17, 15) is 9.59 Å². The number of nitrogens with zero attached hydrogens (tertiary/aromatic N) is 1. The summed E-state index contributed by atoms with van der Waals surface area (Å²) in [5.41, 5.74) is -0.126. The third-order valence-corrected chi connectivity index (χ3v) is 3.14. The molecule has 1 aliphatic rings. The van der Waals surface area contributed by atoms with Crippen molar-refractivity contribution in [2.75, 3.05) is 6.61 Å². The van der Waals surface area contributed by atoms with Gasteiger partial charge in [0.15, 0.2) is 5.78 Å². The molecule has 1 aromatic heterocycles. The summed E-state index contributed by atoms with van der Waals surface area (Å²) in [6, 6.07) is 3.16. The van der Waals surface area contributed by atoms with E-state index in [0.717, 1.165) is 0 Å². The zero-order valence-electron chi connectivity index (χ0n) is 9.62. The maximum absolute atomic E-state index is 12.2. The van der Waals surface area contributed by atoms with Gasteiger partial charge in [-0.2, -0.15) is 0 Å². The molecule has 1 aliphatic carbocycles. The number of Topliss-reactive ketones (excluding diaryl/α,β-unsaturated/α-hetero) is 1. The Balaban J connectivity index is 2.39. The summed E-state index contributed by atoms with van der Waals surface area (Å²) in [7, 11) is 0. The number of fused-ring (bicyclic) bond motifs is 1. The molecule has 0 amide bonds. The molecule has 0 bridgehead atoms. The van der Waals surface area contributed by atoms with Gasteiger partial charge in [0.25, 0.3) is 0 Å². The van der Waals surface area contributed by atoms with E-state index in [4.69, 9.17) is 16.3 Å². The van der Waals surface area contributed by atoms with Crippen molar-refractivity contribution in [2.45, 2.75) is 20.3 Å². The summed E-state index contributed by atoms with van der Waals surface area (Å²) in [5.74, 6) is -0.741. The van der Waals surface area contributed by atoms with Crippen molar-refractivity contribution < 1.29 is 14.3 Å². The molecule has 0 fully saturated rings. The molecular formula is C12H12ClNO3. The molecule has 1 atom stereocenters. The van der Waals surface area contributed by atoms with Crippen LogP contribution in [0.15, 0.2) is 12.1 Å². The molecule has 0 radical (unpaired) electrons. The maximum atomic E-state index is 12.2. The number of ketones is 1. The first kappa shape index (κ1) is 12.0. The van der Waals surface area contributed by atoms with Crippen molar-refractivity contribution in [2.24, 2.45) is 5.41 Å².